The molecule has 0 saturated carbocycles. The van der Waals surface area contributed by atoms with E-state index in [0.29, 0.717) is 12.2 Å². The molecule has 88 valence electrons. The van der Waals surface area contributed by atoms with Crippen LogP contribution in [-0.4, -0.2) is 24.0 Å². The highest BCUT2D eigenvalue weighted by atomic mass is 32.2. The van der Waals surface area contributed by atoms with Crippen LogP contribution in [0.3, 0.4) is 0 Å². The Hall–Kier alpha value is -1.20. The summed E-state index contributed by atoms with van der Waals surface area (Å²) in [7, 11) is 0. The maximum Gasteiger partial charge on any atom is 0.265 e. The molecule has 0 aliphatic heterocycles. The number of nitrogens with two attached hydrogens (primary N) is 1. The number of ether oxygens (including phenoxy) is 1. The second-order valence-corrected chi connectivity index (χ2v) is 4.44. The van der Waals surface area contributed by atoms with Gasteiger partial charge in [0.2, 0.25) is 0 Å². The normalized spacial score (nSPS) is 9.88. The van der Waals surface area contributed by atoms with Crippen molar-refractivity contribution in [2.24, 2.45) is 5.84 Å². The summed E-state index contributed by atoms with van der Waals surface area (Å²) in [5, 5.41) is 0. The molecular formula is C11H16N2O2S. The third-order valence-electron chi connectivity index (χ3n) is 1.95. The molecule has 0 saturated heterocycles. The Morgan fingerprint density at radius 3 is 2.69 bits per heavy atom. The molecule has 0 aliphatic rings. The molecule has 1 amide bonds. The van der Waals surface area contributed by atoms with Crippen molar-refractivity contribution in [3.63, 3.8) is 0 Å². The van der Waals surface area contributed by atoms with Gasteiger partial charge in [-0.3, -0.25) is 10.2 Å². The number of amides is 1. The lowest BCUT2D eigenvalue weighted by molar-refractivity contribution is 0.0953. The Kier molecular flexibility index (Phi) is 5.74. The van der Waals surface area contributed by atoms with Gasteiger partial charge < -0.3 is 4.74 Å². The Morgan fingerprint density at radius 1 is 1.44 bits per heavy atom. The highest BCUT2D eigenvalue weighted by molar-refractivity contribution is 7.99. The smallest absolute Gasteiger partial charge is 0.265 e. The van der Waals surface area contributed by atoms with Crippen LogP contribution in [0.15, 0.2) is 24.3 Å². The summed E-state index contributed by atoms with van der Waals surface area (Å²) in [6.07, 6.45) is 0. The number of hydrogen-bond acceptors (Lipinski definition) is 4. The van der Waals surface area contributed by atoms with E-state index in [1.165, 1.54) is 0 Å². The molecule has 0 aromatic heterocycles. The minimum absolute atomic E-state index is 0.298. The molecule has 3 N–H and O–H groups in total. The zero-order valence-corrected chi connectivity index (χ0v) is 10.0. The van der Waals surface area contributed by atoms with Crippen molar-refractivity contribution in [2.75, 3.05) is 18.1 Å². The van der Waals surface area contributed by atoms with Gasteiger partial charge in [0.05, 0.1) is 6.61 Å². The van der Waals surface area contributed by atoms with E-state index in [-0.39, 0.29) is 5.91 Å². The van der Waals surface area contributed by atoms with Crippen molar-refractivity contribution in [3.05, 3.63) is 29.8 Å². The molecule has 4 nitrogen and oxygen atoms in total. The minimum Gasteiger partial charge on any atom is -0.493 e. The Bertz CT molecular complexity index is 327. The molecule has 16 heavy (non-hydrogen) atoms. The lowest BCUT2D eigenvalue weighted by Gasteiger charge is -2.06. The average molecular weight is 240 g/mol. The summed E-state index contributed by atoms with van der Waals surface area (Å²) in [5.74, 6) is 7.56. The van der Waals surface area contributed by atoms with Crippen LogP contribution in [0.5, 0.6) is 5.75 Å². The van der Waals surface area contributed by atoms with Crippen LogP contribution in [0.1, 0.15) is 17.3 Å². The van der Waals surface area contributed by atoms with E-state index in [9.17, 15) is 4.79 Å². The standard InChI is InChI=1S/C11H16N2O2S/c1-2-16-8-7-15-10-5-3-9(4-6-10)11(14)13-12/h3-6H,2,7-8,12H2,1H3,(H,13,14). The highest BCUT2D eigenvalue weighted by Gasteiger charge is 2.02. The summed E-state index contributed by atoms with van der Waals surface area (Å²) < 4.78 is 5.49. The average Bonchev–Trinajstić information content (AvgIpc) is 2.34. The van der Waals surface area contributed by atoms with Gasteiger partial charge in [0.15, 0.2) is 0 Å². The third-order valence-corrected chi connectivity index (χ3v) is 2.81. The number of hydrazine groups is 1. The topological polar surface area (TPSA) is 64.3 Å². The quantitative estimate of drug-likeness (QED) is 0.342. The van der Waals surface area contributed by atoms with Gasteiger partial charge in [-0.25, -0.2) is 5.84 Å². The fourth-order valence-corrected chi connectivity index (χ4v) is 1.64. The fourth-order valence-electron chi connectivity index (χ4n) is 1.15. The first-order chi connectivity index (χ1) is 7.77. The zero-order chi connectivity index (χ0) is 11.8. The molecular weight excluding hydrogens is 224 g/mol. The lowest BCUT2D eigenvalue weighted by Crippen LogP contribution is -2.29. The van der Waals surface area contributed by atoms with E-state index in [4.69, 9.17) is 10.6 Å². The van der Waals surface area contributed by atoms with Crippen LogP contribution >= 0.6 is 11.8 Å². The molecule has 0 radical (unpaired) electrons. The number of benzene rings is 1. The van der Waals surface area contributed by atoms with Crippen molar-refractivity contribution in [3.8, 4) is 5.75 Å². The van der Waals surface area contributed by atoms with E-state index in [1.807, 2.05) is 11.8 Å². The first-order valence-electron chi connectivity index (χ1n) is 5.09. The second-order valence-electron chi connectivity index (χ2n) is 3.04. The molecule has 0 bridgehead atoms. The molecule has 0 fully saturated rings. The number of hydrogen-bond donors (Lipinski definition) is 2. The maximum atomic E-state index is 11.1. The molecule has 5 heteroatoms. The maximum absolute atomic E-state index is 11.1. The molecule has 0 spiro atoms. The zero-order valence-electron chi connectivity index (χ0n) is 9.23. The molecule has 1 aromatic carbocycles. The predicted octanol–water partition coefficient (Wildman–Crippen LogP) is 1.42. The van der Waals surface area contributed by atoms with E-state index in [0.717, 1.165) is 17.3 Å². The van der Waals surface area contributed by atoms with Crippen molar-refractivity contribution >= 4 is 17.7 Å². The molecule has 0 atom stereocenters. The van der Waals surface area contributed by atoms with Gasteiger partial charge >= 0.3 is 0 Å². The molecule has 0 aliphatic carbocycles. The van der Waals surface area contributed by atoms with E-state index in [1.54, 1.807) is 24.3 Å². The van der Waals surface area contributed by atoms with Crippen LogP contribution in [0, 0.1) is 0 Å². The van der Waals surface area contributed by atoms with Crippen LogP contribution < -0.4 is 16.0 Å². The van der Waals surface area contributed by atoms with Crippen molar-refractivity contribution in [1.82, 2.24) is 5.43 Å². The Labute approximate surface area is 99.5 Å². The van der Waals surface area contributed by atoms with Crippen LogP contribution in [0.25, 0.3) is 0 Å². The van der Waals surface area contributed by atoms with Crippen LogP contribution in [-0.2, 0) is 0 Å². The van der Waals surface area contributed by atoms with E-state index in [2.05, 4.69) is 12.3 Å². The largest absolute Gasteiger partial charge is 0.493 e. The van der Waals surface area contributed by atoms with Gasteiger partial charge in [0.1, 0.15) is 5.75 Å². The monoisotopic (exact) mass is 240 g/mol. The SMILES string of the molecule is CCSCCOc1ccc(C(=O)NN)cc1. The molecule has 0 unspecified atom stereocenters. The number of carbonyl (C=O) groups excluding carboxylic acids is 1. The molecule has 0 heterocycles. The number of nitrogen functional groups attached to an aromatic ring is 1. The van der Waals surface area contributed by atoms with Gasteiger partial charge in [0.25, 0.3) is 5.91 Å². The molecule has 1 rings (SSSR count). The van der Waals surface area contributed by atoms with Gasteiger partial charge in [-0.15, -0.1) is 0 Å². The summed E-state index contributed by atoms with van der Waals surface area (Å²) in [4.78, 5) is 11.1. The highest BCUT2D eigenvalue weighted by Crippen LogP contribution is 2.12. The van der Waals surface area contributed by atoms with Crippen LogP contribution in [0.2, 0.25) is 0 Å². The number of nitrogens with one attached hydrogen (secondary N) is 1. The minimum atomic E-state index is -0.298. The second kappa shape index (κ2) is 7.14. The van der Waals surface area contributed by atoms with Gasteiger partial charge in [-0.1, -0.05) is 6.92 Å². The van der Waals surface area contributed by atoms with Crippen molar-refractivity contribution in [2.45, 2.75) is 6.92 Å². The van der Waals surface area contributed by atoms with E-state index >= 15 is 0 Å². The fraction of sp³-hybridized carbons (Fsp3) is 0.364. The van der Waals surface area contributed by atoms with Gasteiger partial charge in [0, 0.05) is 11.3 Å². The first kappa shape index (κ1) is 12.9. The van der Waals surface area contributed by atoms with Gasteiger partial charge in [-0.05, 0) is 30.0 Å². The van der Waals surface area contributed by atoms with Gasteiger partial charge in [-0.2, -0.15) is 11.8 Å². The predicted molar refractivity (Wildman–Crippen MR) is 66.6 cm³/mol. The molecule has 1 aromatic rings. The lowest BCUT2D eigenvalue weighted by atomic mass is 10.2. The first-order valence-corrected chi connectivity index (χ1v) is 6.25. The number of carbonyl (C=O) groups is 1. The summed E-state index contributed by atoms with van der Waals surface area (Å²) >= 11 is 1.83. The summed E-state index contributed by atoms with van der Waals surface area (Å²) in [5.41, 5.74) is 2.60. The van der Waals surface area contributed by atoms with Crippen molar-refractivity contribution < 1.29 is 9.53 Å². The third kappa shape index (κ3) is 4.12. The summed E-state index contributed by atoms with van der Waals surface area (Å²) in [6, 6.07) is 6.90. The van der Waals surface area contributed by atoms with Crippen molar-refractivity contribution in [1.29, 1.82) is 0 Å². The number of rotatable bonds is 6. The van der Waals surface area contributed by atoms with E-state index < -0.39 is 0 Å². The Balaban J connectivity index is 2.42. The Morgan fingerprint density at radius 2 is 2.12 bits per heavy atom. The number of thioether (sulfide) groups is 1. The summed E-state index contributed by atoms with van der Waals surface area (Å²) in [6.45, 7) is 2.80. The van der Waals surface area contributed by atoms with Crippen LogP contribution in [0.4, 0.5) is 0 Å².